The summed E-state index contributed by atoms with van der Waals surface area (Å²) < 4.78 is 12.8. The summed E-state index contributed by atoms with van der Waals surface area (Å²) in [6.45, 7) is 4.82. The van der Waals surface area contributed by atoms with E-state index in [2.05, 4.69) is 0 Å². The third-order valence-electron chi connectivity index (χ3n) is 6.12. The van der Waals surface area contributed by atoms with Crippen LogP contribution in [0.2, 0.25) is 0 Å². The molecular weight excluding hydrogens is 442 g/mol. The third kappa shape index (κ3) is 4.25. The molecule has 3 aromatic carbocycles. The van der Waals surface area contributed by atoms with Crippen molar-refractivity contribution in [3.8, 4) is 17.2 Å². The Hall–Kier alpha value is -4.13. The van der Waals surface area contributed by atoms with Gasteiger partial charge < -0.3 is 14.4 Å². The van der Waals surface area contributed by atoms with Gasteiger partial charge in [0.05, 0.1) is 35.4 Å². The summed E-state index contributed by atoms with van der Waals surface area (Å²) in [6, 6.07) is 20.4. The Morgan fingerprint density at radius 2 is 1.74 bits per heavy atom. The molecule has 1 aromatic heterocycles. The minimum absolute atomic E-state index is 0.0240. The van der Waals surface area contributed by atoms with Crippen molar-refractivity contribution in [1.82, 2.24) is 14.5 Å². The Bertz CT molecular complexity index is 1460. The zero-order valence-electron chi connectivity index (χ0n) is 20.0. The Balaban J connectivity index is 1.48. The number of para-hydroxylation sites is 1. The minimum Gasteiger partial charge on any atom is -0.497 e. The van der Waals surface area contributed by atoms with Crippen molar-refractivity contribution in [2.24, 2.45) is 0 Å². The molecule has 1 aliphatic heterocycles. The van der Waals surface area contributed by atoms with Crippen LogP contribution in [0.1, 0.15) is 35.6 Å². The molecule has 0 fully saturated rings. The number of fused-ring (bicyclic) bond motifs is 2. The molecule has 0 radical (unpaired) electrons. The summed E-state index contributed by atoms with van der Waals surface area (Å²) in [7, 11) is 1.60. The lowest BCUT2D eigenvalue weighted by molar-refractivity contribution is 0.0775. The monoisotopic (exact) mass is 469 g/mol. The standard InChI is InChI=1S/C28H27N3O4/c1-18(2)35-24-10-6-7-19-17-30(28(33)26(19)24)16-15-25-29-23-9-5-4-8-22(23)27(32)31(25)20-11-13-21(34-3)14-12-20/h4-14,18H,15-17H2,1-3H3. The maximum absolute atomic E-state index is 13.5. The Morgan fingerprint density at radius 1 is 0.971 bits per heavy atom. The van der Waals surface area contributed by atoms with Crippen LogP contribution in [0.25, 0.3) is 16.6 Å². The van der Waals surface area contributed by atoms with Crippen LogP contribution in [-0.4, -0.2) is 40.1 Å². The highest BCUT2D eigenvalue weighted by Gasteiger charge is 2.31. The molecule has 2 heterocycles. The number of amides is 1. The summed E-state index contributed by atoms with van der Waals surface area (Å²) >= 11 is 0. The highest BCUT2D eigenvalue weighted by molar-refractivity contribution is 6.01. The molecule has 0 bridgehead atoms. The normalized spacial score (nSPS) is 12.9. The van der Waals surface area contributed by atoms with Gasteiger partial charge in [0.25, 0.3) is 11.5 Å². The molecule has 0 spiro atoms. The van der Waals surface area contributed by atoms with Crippen molar-refractivity contribution in [1.29, 1.82) is 0 Å². The van der Waals surface area contributed by atoms with E-state index >= 15 is 0 Å². The van der Waals surface area contributed by atoms with Crippen LogP contribution in [0.5, 0.6) is 11.5 Å². The second-order valence-electron chi connectivity index (χ2n) is 8.82. The quantitative estimate of drug-likeness (QED) is 0.402. The van der Waals surface area contributed by atoms with Gasteiger partial charge in [-0.05, 0) is 61.9 Å². The van der Waals surface area contributed by atoms with Gasteiger partial charge in [0.1, 0.15) is 17.3 Å². The Labute approximate surface area is 203 Å². The van der Waals surface area contributed by atoms with Gasteiger partial charge in [0.2, 0.25) is 0 Å². The molecule has 0 saturated heterocycles. The Kier molecular flexibility index (Phi) is 5.99. The number of carbonyl (C=O) groups is 1. The highest BCUT2D eigenvalue weighted by atomic mass is 16.5. The van der Waals surface area contributed by atoms with Crippen LogP contribution in [0.15, 0.2) is 71.5 Å². The number of hydrogen-bond donors (Lipinski definition) is 0. The SMILES string of the molecule is COc1ccc(-n2c(CCN3Cc4cccc(OC(C)C)c4C3=O)nc3ccccc3c2=O)cc1. The molecule has 1 amide bonds. The van der Waals surface area contributed by atoms with Crippen LogP contribution in [0.3, 0.4) is 0 Å². The first-order chi connectivity index (χ1) is 17.0. The summed E-state index contributed by atoms with van der Waals surface area (Å²) in [5.41, 5.74) is 2.78. The number of rotatable bonds is 7. The van der Waals surface area contributed by atoms with E-state index in [4.69, 9.17) is 14.5 Å². The van der Waals surface area contributed by atoms with E-state index < -0.39 is 0 Å². The topological polar surface area (TPSA) is 73.7 Å². The van der Waals surface area contributed by atoms with E-state index in [1.165, 1.54) is 0 Å². The van der Waals surface area contributed by atoms with Crippen molar-refractivity contribution < 1.29 is 14.3 Å². The molecule has 35 heavy (non-hydrogen) atoms. The molecular formula is C28H27N3O4. The van der Waals surface area contributed by atoms with Gasteiger partial charge in [0.15, 0.2) is 0 Å². The fourth-order valence-electron chi connectivity index (χ4n) is 4.50. The van der Waals surface area contributed by atoms with E-state index in [-0.39, 0.29) is 17.6 Å². The van der Waals surface area contributed by atoms with E-state index in [0.717, 1.165) is 5.56 Å². The molecule has 5 rings (SSSR count). The van der Waals surface area contributed by atoms with E-state index in [0.29, 0.717) is 59.0 Å². The zero-order valence-corrected chi connectivity index (χ0v) is 20.0. The smallest absolute Gasteiger partial charge is 0.265 e. The average Bonchev–Trinajstić information content (AvgIpc) is 3.19. The molecule has 4 aromatic rings. The first-order valence-electron chi connectivity index (χ1n) is 11.7. The van der Waals surface area contributed by atoms with Crippen LogP contribution < -0.4 is 15.0 Å². The van der Waals surface area contributed by atoms with E-state index in [1.54, 1.807) is 22.6 Å². The first kappa shape index (κ1) is 22.7. The zero-order chi connectivity index (χ0) is 24.5. The summed E-state index contributed by atoms with van der Waals surface area (Å²) in [6.07, 6.45) is 0.399. The van der Waals surface area contributed by atoms with Gasteiger partial charge in [0, 0.05) is 19.5 Å². The lowest BCUT2D eigenvalue weighted by Crippen LogP contribution is -2.30. The molecule has 0 saturated carbocycles. The van der Waals surface area contributed by atoms with Gasteiger partial charge in [-0.2, -0.15) is 0 Å². The number of nitrogens with zero attached hydrogens (tertiary/aromatic N) is 3. The first-order valence-corrected chi connectivity index (χ1v) is 11.7. The second kappa shape index (κ2) is 9.25. The number of benzene rings is 3. The molecule has 1 aliphatic rings. The predicted molar refractivity (Wildman–Crippen MR) is 135 cm³/mol. The molecule has 0 atom stereocenters. The fraction of sp³-hybridized carbons (Fsp3) is 0.250. The van der Waals surface area contributed by atoms with Crippen LogP contribution in [0, 0.1) is 0 Å². The van der Waals surface area contributed by atoms with Crippen molar-refractivity contribution in [3.05, 3.63) is 94.0 Å². The van der Waals surface area contributed by atoms with Crippen LogP contribution in [0.4, 0.5) is 0 Å². The molecule has 7 heteroatoms. The molecule has 0 unspecified atom stereocenters. The van der Waals surface area contributed by atoms with Crippen molar-refractivity contribution in [3.63, 3.8) is 0 Å². The number of aromatic nitrogens is 2. The molecule has 178 valence electrons. The van der Waals surface area contributed by atoms with Gasteiger partial charge in [-0.15, -0.1) is 0 Å². The Morgan fingerprint density at radius 3 is 2.49 bits per heavy atom. The molecule has 0 N–H and O–H groups in total. The van der Waals surface area contributed by atoms with Gasteiger partial charge in [-0.1, -0.05) is 24.3 Å². The summed E-state index contributed by atoms with van der Waals surface area (Å²) in [5.74, 6) is 1.86. The third-order valence-corrected chi connectivity index (χ3v) is 6.12. The lowest BCUT2D eigenvalue weighted by Gasteiger charge is -2.18. The predicted octanol–water partition coefficient (Wildman–Crippen LogP) is 4.38. The summed E-state index contributed by atoms with van der Waals surface area (Å²) in [5, 5.41) is 0.548. The fourth-order valence-corrected chi connectivity index (χ4v) is 4.50. The molecule has 0 aliphatic carbocycles. The second-order valence-corrected chi connectivity index (χ2v) is 8.82. The van der Waals surface area contributed by atoms with Crippen molar-refractivity contribution in [2.75, 3.05) is 13.7 Å². The van der Waals surface area contributed by atoms with Gasteiger partial charge in [-0.25, -0.2) is 4.98 Å². The molecule has 7 nitrogen and oxygen atoms in total. The van der Waals surface area contributed by atoms with Crippen LogP contribution >= 0.6 is 0 Å². The maximum Gasteiger partial charge on any atom is 0.265 e. The summed E-state index contributed by atoms with van der Waals surface area (Å²) in [4.78, 5) is 33.4. The maximum atomic E-state index is 13.5. The van der Waals surface area contributed by atoms with Crippen molar-refractivity contribution in [2.45, 2.75) is 32.9 Å². The number of methoxy groups -OCH3 is 1. The number of carbonyl (C=O) groups excluding carboxylic acids is 1. The highest BCUT2D eigenvalue weighted by Crippen LogP contribution is 2.31. The number of ether oxygens (including phenoxy) is 2. The average molecular weight is 470 g/mol. The number of hydrogen-bond acceptors (Lipinski definition) is 5. The van der Waals surface area contributed by atoms with Crippen LogP contribution in [-0.2, 0) is 13.0 Å². The largest absolute Gasteiger partial charge is 0.497 e. The van der Waals surface area contributed by atoms with Crippen molar-refractivity contribution >= 4 is 16.8 Å². The lowest BCUT2D eigenvalue weighted by atomic mass is 10.1. The van der Waals surface area contributed by atoms with Gasteiger partial charge >= 0.3 is 0 Å². The minimum atomic E-state index is -0.139. The van der Waals surface area contributed by atoms with E-state index in [9.17, 15) is 9.59 Å². The van der Waals surface area contributed by atoms with Gasteiger partial charge in [-0.3, -0.25) is 14.2 Å². The van der Waals surface area contributed by atoms with E-state index in [1.807, 2.05) is 74.5 Å².